The van der Waals surface area contributed by atoms with Crippen molar-refractivity contribution in [3.05, 3.63) is 64.2 Å². The minimum atomic E-state index is -3.65. The molecular formula is C17H17N3O7S. The van der Waals surface area contributed by atoms with Crippen LogP contribution in [0.25, 0.3) is 0 Å². The summed E-state index contributed by atoms with van der Waals surface area (Å²) in [5.74, 6) is -1.60. The maximum Gasteiger partial charge on any atom is 0.338 e. The molecular weight excluding hydrogens is 390 g/mol. The van der Waals surface area contributed by atoms with Crippen LogP contribution in [0.1, 0.15) is 17.3 Å². The van der Waals surface area contributed by atoms with E-state index in [-0.39, 0.29) is 28.4 Å². The molecule has 0 fully saturated rings. The summed E-state index contributed by atoms with van der Waals surface area (Å²) < 4.78 is 30.9. The van der Waals surface area contributed by atoms with Gasteiger partial charge in [-0.3, -0.25) is 14.9 Å². The van der Waals surface area contributed by atoms with Gasteiger partial charge in [-0.2, -0.15) is 0 Å². The third kappa shape index (κ3) is 5.34. The van der Waals surface area contributed by atoms with Gasteiger partial charge in [0.15, 0.2) is 6.61 Å². The Morgan fingerprint density at radius 2 is 1.75 bits per heavy atom. The van der Waals surface area contributed by atoms with Crippen LogP contribution >= 0.6 is 0 Å². The van der Waals surface area contributed by atoms with Crippen molar-refractivity contribution < 1.29 is 27.7 Å². The maximum atomic E-state index is 12.0. The van der Waals surface area contributed by atoms with Gasteiger partial charge in [-0.1, -0.05) is 19.1 Å². The number of carbonyl (C=O) groups is 2. The van der Waals surface area contributed by atoms with E-state index in [2.05, 4.69) is 10.0 Å². The van der Waals surface area contributed by atoms with Crippen LogP contribution in [0.2, 0.25) is 0 Å². The molecule has 2 rings (SSSR count). The Labute approximate surface area is 160 Å². The van der Waals surface area contributed by atoms with Gasteiger partial charge in [0.25, 0.3) is 11.6 Å². The molecule has 0 saturated carbocycles. The normalized spacial score (nSPS) is 10.9. The molecule has 0 aliphatic rings. The molecule has 0 heterocycles. The number of anilines is 1. The summed E-state index contributed by atoms with van der Waals surface area (Å²) in [6.45, 7) is 1.20. The van der Waals surface area contributed by atoms with Crippen molar-refractivity contribution in [2.75, 3.05) is 18.5 Å². The molecule has 0 saturated heterocycles. The first kappa shape index (κ1) is 21.0. The fourth-order valence-corrected chi connectivity index (χ4v) is 3.22. The molecule has 0 aromatic heterocycles. The Morgan fingerprint density at radius 3 is 2.36 bits per heavy atom. The Balaban J connectivity index is 1.97. The Hall–Kier alpha value is -3.31. The van der Waals surface area contributed by atoms with Gasteiger partial charge in [0, 0.05) is 12.6 Å². The highest BCUT2D eigenvalue weighted by molar-refractivity contribution is 7.89. The van der Waals surface area contributed by atoms with Crippen LogP contribution in [0.3, 0.4) is 0 Å². The van der Waals surface area contributed by atoms with E-state index in [1.165, 1.54) is 48.5 Å². The lowest BCUT2D eigenvalue weighted by Gasteiger charge is -2.08. The number of hydrogen-bond acceptors (Lipinski definition) is 7. The summed E-state index contributed by atoms with van der Waals surface area (Å²) in [7, 11) is -3.65. The Kier molecular flexibility index (Phi) is 6.79. The maximum absolute atomic E-state index is 12.0. The average Bonchev–Trinajstić information content (AvgIpc) is 2.66. The summed E-state index contributed by atoms with van der Waals surface area (Å²) in [5.41, 5.74) is -0.264. The summed E-state index contributed by atoms with van der Waals surface area (Å²) in [6.07, 6.45) is 0. The molecule has 0 unspecified atom stereocenters. The van der Waals surface area contributed by atoms with Crippen molar-refractivity contribution in [3.8, 4) is 0 Å². The Bertz CT molecular complexity index is 988. The van der Waals surface area contributed by atoms with Crippen molar-refractivity contribution in [1.82, 2.24) is 4.72 Å². The standard InChI is InChI=1S/C17H17N3O7S/c1-2-18-28(25,26)13-9-7-12(8-10-13)17(22)27-11-16(21)19-14-5-3-4-6-15(14)20(23)24/h3-10,18H,2,11H2,1H3,(H,19,21). The van der Waals surface area contributed by atoms with Crippen molar-refractivity contribution in [3.63, 3.8) is 0 Å². The van der Waals surface area contributed by atoms with E-state index in [0.29, 0.717) is 0 Å². The highest BCUT2D eigenvalue weighted by Gasteiger charge is 2.17. The number of esters is 1. The minimum absolute atomic E-state index is 0.0139. The van der Waals surface area contributed by atoms with Gasteiger partial charge in [0.05, 0.1) is 15.4 Å². The second kappa shape index (κ2) is 9.06. The smallest absolute Gasteiger partial charge is 0.338 e. The number of ether oxygens (including phenoxy) is 1. The van der Waals surface area contributed by atoms with Crippen LogP contribution in [0, 0.1) is 10.1 Å². The van der Waals surface area contributed by atoms with Crippen LogP contribution in [0.15, 0.2) is 53.4 Å². The molecule has 148 valence electrons. The monoisotopic (exact) mass is 407 g/mol. The summed E-state index contributed by atoms with van der Waals surface area (Å²) in [6, 6.07) is 10.5. The molecule has 0 aliphatic heterocycles. The van der Waals surface area contributed by atoms with Gasteiger partial charge < -0.3 is 10.1 Å². The average molecular weight is 407 g/mol. The molecule has 10 nitrogen and oxygen atoms in total. The molecule has 0 aliphatic carbocycles. The number of nitro groups is 1. The fourth-order valence-electron chi connectivity index (χ4n) is 2.18. The zero-order valence-electron chi connectivity index (χ0n) is 14.7. The van der Waals surface area contributed by atoms with Crippen molar-refractivity contribution in [1.29, 1.82) is 0 Å². The number of para-hydroxylation sites is 2. The summed E-state index contributed by atoms with van der Waals surface area (Å²) in [5, 5.41) is 13.2. The highest BCUT2D eigenvalue weighted by Crippen LogP contribution is 2.23. The number of benzene rings is 2. The molecule has 0 radical (unpaired) electrons. The van der Waals surface area contributed by atoms with Crippen LogP contribution < -0.4 is 10.0 Å². The van der Waals surface area contributed by atoms with Crippen molar-refractivity contribution in [2.24, 2.45) is 0 Å². The predicted molar refractivity (Wildman–Crippen MR) is 99.3 cm³/mol. The molecule has 0 atom stereocenters. The number of carbonyl (C=O) groups excluding carboxylic acids is 2. The molecule has 0 spiro atoms. The first-order chi connectivity index (χ1) is 13.2. The van der Waals surface area contributed by atoms with Crippen LogP contribution in [-0.2, 0) is 19.6 Å². The van der Waals surface area contributed by atoms with Crippen LogP contribution in [0.5, 0.6) is 0 Å². The lowest BCUT2D eigenvalue weighted by atomic mass is 10.2. The van der Waals surface area contributed by atoms with E-state index in [9.17, 15) is 28.1 Å². The van der Waals surface area contributed by atoms with E-state index < -0.39 is 33.4 Å². The van der Waals surface area contributed by atoms with Gasteiger partial charge in [0.1, 0.15) is 5.69 Å². The van der Waals surface area contributed by atoms with Crippen molar-refractivity contribution in [2.45, 2.75) is 11.8 Å². The van der Waals surface area contributed by atoms with Gasteiger partial charge >= 0.3 is 5.97 Å². The molecule has 28 heavy (non-hydrogen) atoms. The largest absolute Gasteiger partial charge is 0.452 e. The number of rotatable bonds is 8. The van der Waals surface area contributed by atoms with Gasteiger partial charge in [-0.05, 0) is 30.3 Å². The van der Waals surface area contributed by atoms with E-state index in [4.69, 9.17) is 4.74 Å². The number of nitrogens with one attached hydrogen (secondary N) is 2. The third-order valence-corrected chi connectivity index (χ3v) is 5.01. The van der Waals surface area contributed by atoms with Crippen LogP contribution in [0.4, 0.5) is 11.4 Å². The zero-order valence-corrected chi connectivity index (χ0v) is 15.6. The van der Waals surface area contributed by atoms with E-state index >= 15 is 0 Å². The number of sulfonamides is 1. The quantitative estimate of drug-likeness (QED) is 0.385. The van der Waals surface area contributed by atoms with E-state index in [1.54, 1.807) is 6.92 Å². The fraction of sp³-hybridized carbons (Fsp3) is 0.176. The summed E-state index contributed by atoms with van der Waals surface area (Å²) in [4.78, 5) is 34.1. The molecule has 1 amide bonds. The number of nitrogens with zero attached hydrogens (tertiary/aromatic N) is 1. The first-order valence-corrected chi connectivity index (χ1v) is 9.53. The zero-order chi connectivity index (χ0) is 20.7. The number of hydrogen-bond donors (Lipinski definition) is 2. The molecule has 2 N–H and O–H groups in total. The first-order valence-electron chi connectivity index (χ1n) is 8.04. The van der Waals surface area contributed by atoms with Gasteiger partial charge in [-0.25, -0.2) is 17.9 Å². The molecule has 2 aromatic carbocycles. The topological polar surface area (TPSA) is 145 Å². The highest BCUT2D eigenvalue weighted by atomic mass is 32.2. The van der Waals surface area contributed by atoms with E-state index in [1.807, 2.05) is 0 Å². The number of nitro benzene ring substituents is 1. The van der Waals surface area contributed by atoms with Crippen molar-refractivity contribution >= 4 is 33.3 Å². The predicted octanol–water partition coefficient (Wildman–Crippen LogP) is 1.69. The third-order valence-electron chi connectivity index (χ3n) is 3.44. The van der Waals surface area contributed by atoms with Crippen LogP contribution in [-0.4, -0.2) is 38.4 Å². The van der Waals surface area contributed by atoms with Gasteiger partial charge in [0.2, 0.25) is 10.0 Å². The van der Waals surface area contributed by atoms with E-state index in [0.717, 1.165) is 0 Å². The molecule has 2 aromatic rings. The summed E-state index contributed by atoms with van der Waals surface area (Å²) >= 11 is 0. The number of amides is 1. The second-order valence-electron chi connectivity index (χ2n) is 5.42. The Morgan fingerprint density at radius 1 is 1.11 bits per heavy atom. The lowest BCUT2D eigenvalue weighted by molar-refractivity contribution is -0.383. The van der Waals surface area contributed by atoms with Gasteiger partial charge in [-0.15, -0.1) is 0 Å². The lowest BCUT2D eigenvalue weighted by Crippen LogP contribution is -2.23. The molecule has 11 heteroatoms. The minimum Gasteiger partial charge on any atom is -0.452 e. The SMILES string of the molecule is CCNS(=O)(=O)c1ccc(C(=O)OCC(=O)Nc2ccccc2[N+](=O)[O-])cc1. The second-order valence-corrected chi connectivity index (χ2v) is 7.19. The molecule has 0 bridgehead atoms.